The molecule has 0 bridgehead atoms. The minimum absolute atomic E-state index is 0.191. The standard InChI is InChI=1S/C10H8FIN2O2/c11-9-6(12)2-1-3-7(9)14-5-4-8(15)13-10(14)16/h1-3H,4-5H2,(H,13,15,16). The van der Waals surface area contributed by atoms with E-state index in [1.807, 2.05) is 22.6 Å². The van der Waals surface area contributed by atoms with Crippen LogP contribution in [0, 0.1) is 9.39 Å². The predicted molar refractivity (Wildman–Crippen MR) is 64.6 cm³/mol. The summed E-state index contributed by atoms with van der Waals surface area (Å²) in [7, 11) is 0. The van der Waals surface area contributed by atoms with Crippen molar-refractivity contribution >= 4 is 40.2 Å². The summed E-state index contributed by atoms with van der Waals surface area (Å²) in [6.07, 6.45) is 0.191. The highest BCUT2D eigenvalue weighted by Gasteiger charge is 2.26. The summed E-state index contributed by atoms with van der Waals surface area (Å²) in [4.78, 5) is 23.7. The van der Waals surface area contributed by atoms with Crippen LogP contribution < -0.4 is 10.2 Å². The number of imide groups is 1. The summed E-state index contributed by atoms with van der Waals surface area (Å²) in [6.45, 7) is 0.210. The summed E-state index contributed by atoms with van der Waals surface area (Å²) in [6, 6.07) is 4.24. The molecule has 1 aliphatic heterocycles. The third-order valence-corrected chi connectivity index (χ3v) is 3.11. The van der Waals surface area contributed by atoms with E-state index in [4.69, 9.17) is 0 Å². The monoisotopic (exact) mass is 334 g/mol. The Morgan fingerprint density at radius 2 is 2.12 bits per heavy atom. The molecule has 1 aliphatic rings. The highest BCUT2D eigenvalue weighted by atomic mass is 127. The van der Waals surface area contributed by atoms with Gasteiger partial charge < -0.3 is 0 Å². The number of anilines is 1. The van der Waals surface area contributed by atoms with Gasteiger partial charge >= 0.3 is 6.03 Å². The molecular formula is C10H8FIN2O2. The number of halogens is 2. The minimum atomic E-state index is -0.572. The van der Waals surface area contributed by atoms with Crippen molar-refractivity contribution in [1.29, 1.82) is 0 Å². The average Bonchev–Trinajstić information content (AvgIpc) is 2.23. The first-order chi connectivity index (χ1) is 7.59. The number of carbonyl (C=O) groups is 2. The normalized spacial score (nSPS) is 16.2. The van der Waals surface area contributed by atoms with Crippen molar-refractivity contribution < 1.29 is 14.0 Å². The smallest absolute Gasteiger partial charge is 0.291 e. The molecule has 1 aromatic rings. The Bertz CT molecular complexity index is 464. The number of nitrogens with zero attached hydrogens (tertiary/aromatic N) is 1. The first-order valence-corrected chi connectivity index (χ1v) is 5.73. The molecule has 3 amide bonds. The molecule has 4 nitrogen and oxygen atoms in total. The molecule has 2 rings (SSSR count). The van der Waals surface area contributed by atoms with Crippen molar-refractivity contribution in [3.05, 3.63) is 27.6 Å². The maximum atomic E-state index is 13.7. The van der Waals surface area contributed by atoms with Gasteiger partial charge in [0.15, 0.2) is 5.82 Å². The van der Waals surface area contributed by atoms with Gasteiger partial charge in [0.1, 0.15) is 0 Å². The molecule has 1 saturated heterocycles. The van der Waals surface area contributed by atoms with Crippen LogP contribution in [0.25, 0.3) is 0 Å². The van der Waals surface area contributed by atoms with E-state index in [9.17, 15) is 14.0 Å². The largest absolute Gasteiger partial charge is 0.328 e. The molecule has 0 aromatic heterocycles. The lowest BCUT2D eigenvalue weighted by Crippen LogP contribution is -2.49. The van der Waals surface area contributed by atoms with Gasteiger partial charge in [-0.15, -0.1) is 0 Å². The second kappa shape index (κ2) is 4.36. The van der Waals surface area contributed by atoms with Crippen molar-refractivity contribution in [2.45, 2.75) is 6.42 Å². The van der Waals surface area contributed by atoms with E-state index in [1.165, 1.54) is 11.0 Å². The van der Waals surface area contributed by atoms with Crippen LogP contribution in [0.3, 0.4) is 0 Å². The Balaban J connectivity index is 2.34. The van der Waals surface area contributed by atoms with Crippen LogP contribution in [-0.4, -0.2) is 18.5 Å². The summed E-state index contributed by atoms with van der Waals surface area (Å²) in [5.41, 5.74) is 0.205. The third kappa shape index (κ3) is 2.01. The van der Waals surface area contributed by atoms with Gasteiger partial charge in [0.05, 0.1) is 9.26 Å². The number of amides is 3. The van der Waals surface area contributed by atoms with Crippen molar-refractivity contribution in [2.24, 2.45) is 0 Å². The van der Waals surface area contributed by atoms with Crippen molar-refractivity contribution in [1.82, 2.24) is 5.32 Å². The summed E-state index contributed by atoms with van der Waals surface area (Å²) < 4.78 is 14.2. The zero-order valence-electron chi connectivity index (χ0n) is 8.17. The molecule has 1 fully saturated rings. The Kier molecular flexibility index (Phi) is 3.08. The lowest BCUT2D eigenvalue weighted by molar-refractivity contribution is -0.120. The Morgan fingerprint density at radius 1 is 1.38 bits per heavy atom. The molecule has 1 N–H and O–H groups in total. The highest BCUT2D eigenvalue weighted by Crippen LogP contribution is 2.24. The zero-order valence-corrected chi connectivity index (χ0v) is 10.3. The SMILES string of the molecule is O=C1CCN(c2cccc(I)c2F)C(=O)N1. The number of nitrogens with one attached hydrogen (secondary N) is 1. The number of rotatable bonds is 1. The number of hydrogen-bond donors (Lipinski definition) is 1. The van der Waals surface area contributed by atoms with Crippen molar-refractivity contribution in [3.8, 4) is 0 Å². The fourth-order valence-electron chi connectivity index (χ4n) is 1.49. The molecular weight excluding hydrogens is 326 g/mol. The van der Waals surface area contributed by atoms with Crippen molar-refractivity contribution in [2.75, 3.05) is 11.4 Å². The van der Waals surface area contributed by atoms with Crippen LogP contribution in [0.15, 0.2) is 18.2 Å². The minimum Gasteiger partial charge on any atom is -0.291 e. The number of benzene rings is 1. The van der Waals surface area contributed by atoms with Crippen LogP contribution in [0.5, 0.6) is 0 Å². The second-order valence-corrected chi connectivity index (χ2v) is 4.49. The van der Waals surface area contributed by atoms with E-state index in [0.717, 1.165) is 0 Å². The Hall–Kier alpha value is -1.18. The molecule has 0 radical (unpaired) electrons. The van der Waals surface area contributed by atoms with Crippen molar-refractivity contribution in [3.63, 3.8) is 0 Å². The molecule has 0 saturated carbocycles. The molecule has 16 heavy (non-hydrogen) atoms. The van der Waals surface area contributed by atoms with Gasteiger partial charge in [-0.1, -0.05) is 6.07 Å². The van der Waals surface area contributed by atoms with Crippen LogP contribution in [-0.2, 0) is 4.79 Å². The lowest BCUT2D eigenvalue weighted by atomic mass is 10.2. The molecule has 6 heteroatoms. The average molecular weight is 334 g/mol. The Labute approximate surface area is 105 Å². The summed E-state index contributed by atoms with van der Waals surface area (Å²) >= 11 is 1.86. The van der Waals surface area contributed by atoms with Gasteiger partial charge in [-0.2, -0.15) is 0 Å². The van der Waals surface area contributed by atoms with Gasteiger partial charge in [0.25, 0.3) is 0 Å². The third-order valence-electron chi connectivity index (χ3n) is 2.28. The van der Waals surface area contributed by atoms with Gasteiger partial charge in [-0.3, -0.25) is 15.0 Å². The fourth-order valence-corrected chi connectivity index (χ4v) is 1.98. The fraction of sp³-hybridized carbons (Fsp3) is 0.200. The topological polar surface area (TPSA) is 49.4 Å². The van der Waals surface area contributed by atoms with Crippen LogP contribution in [0.2, 0.25) is 0 Å². The van der Waals surface area contributed by atoms with Crippen LogP contribution in [0.4, 0.5) is 14.9 Å². The number of hydrogen-bond acceptors (Lipinski definition) is 2. The van der Waals surface area contributed by atoms with Crippen LogP contribution >= 0.6 is 22.6 Å². The summed E-state index contributed by atoms with van der Waals surface area (Å²) in [5.74, 6) is -0.764. The number of carbonyl (C=O) groups excluding carboxylic acids is 2. The van der Waals surface area contributed by atoms with Crippen LogP contribution in [0.1, 0.15) is 6.42 Å². The van der Waals surface area contributed by atoms with E-state index < -0.39 is 11.8 Å². The van der Waals surface area contributed by atoms with E-state index in [2.05, 4.69) is 5.32 Å². The maximum Gasteiger partial charge on any atom is 0.328 e. The second-order valence-electron chi connectivity index (χ2n) is 3.33. The predicted octanol–water partition coefficient (Wildman–Crippen LogP) is 1.88. The Morgan fingerprint density at radius 3 is 2.81 bits per heavy atom. The van der Waals surface area contributed by atoms with E-state index in [0.29, 0.717) is 3.57 Å². The highest BCUT2D eigenvalue weighted by molar-refractivity contribution is 14.1. The van der Waals surface area contributed by atoms with E-state index in [1.54, 1.807) is 12.1 Å². The first kappa shape index (κ1) is 11.3. The zero-order chi connectivity index (χ0) is 11.7. The quantitative estimate of drug-likeness (QED) is 0.798. The molecule has 1 aromatic carbocycles. The number of urea groups is 1. The van der Waals surface area contributed by atoms with E-state index >= 15 is 0 Å². The molecule has 0 atom stereocenters. The van der Waals surface area contributed by atoms with Gasteiger partial charge in [0, 0.05) is 13.0 Å². The molecule has 1 heterocycles. The maximum absolute atomic E-state index is 13.7. The lowest BCUT2D eigenvalue weighted by Gasteiger charge is -2.26. The molecule has 84 valence electrons. The van der Waals surface area contributed by atoms with Gasteiger partial charge in [-0.05, 0) is 34.7 Å². The summed E-state index contributed by atoms with van der Waals surface area (Å²) in [5, 5.41) is 2.15. The van der Waals surface area contributed by atoms with Gasteiger partial charge in [0.2, 0.25) is 5.91 Å². The first-order valence-electron chi connectivity index (χ1n) is 4.65. The van der Waals surface area contributed by atoms with Gasteiger partial charge in [-0.25, -0.2) is 9.18 Å². The molecule has 0 spiro atoms. The van der Waals surface area contributed by atoms with E-state index in [-0.39, 0.29) is 24.6 Å². The molecule has 0 unspecified atom stereocenters. The molecule has 0 aliphatic carbocycles.